The first kappa shape index (κ1) is 37.6. The number of aliphatic hydroxyl groups excluding tert-OH is 1. The highest BCUT2D eigenvalue weighted by Crippen LogP contribution is 2.86. The lowest BCUT2D eigenvalue weighted by molar-refractivity contribution is -0.198. The Labute approximate surface area is 317 Å². The van der Waals surface area contributed by atoms with Crippen LogP contribution in [0.4, 0.5) is 14.5 Å². The van der Waals surface area contributed by atoms with Gasteiger partial charge in [-0.2, -0.15) is 0 Å². The summed E-state index contributed by atoms with van der Waals surface area (Å²) in [5.41, 5.74) is 0.541. The number of alkyl halides is 2. The number of carboxylic acids is 1. The molecule has 292 valence electrons. The van der Waals surface area contributed by atoms with Crippen molar-refractivity contribution in [2.45, 2.75) is 108 Å². The smallest absolute Gasteiger partial charge is 0.339 e. The van der Waals surface area contributed by atoms with E-state index in [4.69, 9.17) is 15.2 Å². The number of carbonyl (C=O) groups is 4. The second-order valence-corrected chi connectivity index (χ2v) is 17.1. The fourth-order valence-corrected chi connectivity index (χ4v) is 11.3. The number of carboxylic acid groups (broad SMARTS) is 1. The molecule has 13 heteroatoms. The number of aliphatic carboxylic acids is 1. The normalized spacial score (nSPS) is 40.6. The Hall–Kier alpha value is -4.30. The minimum absolute atomic E-state index is 0.0169. The van der Waals surface area contributed by atoms with Crippen LogP contribution in [0.5, 0.6) is 0 Å². The van der Waals surface area contributed by atoms with Gasteiger partial charge in [-0.15, -0.1) is 0 Å². The Bertz CT molecular complexity index is 2040. The first-order chi connectivity index (χ1) is 25.9. The van der Waals surface area contributed by atoms with Gasteiger partial charge >= 0.3 is 5.97 Å². The van der Waals surface area contributed by atoms with Crippen LogP contribution >= 0.6 is 0 Å². The van der Waals surface area contributed by atoms with E-state index in [1.807, 2.05) is 30.3 Å². The Morgan fingerprint density at radius 3 is 2.44 bits per heavy atom. The number of fused-ring (bicyclic) bond motifs is 5. The van der Waals surface area contributed by atoms with Gasteiger partial charge < -0.3 is 36.1 Å². The van der Waals surface area contributed by atoms with Crippen LogP contribution in [0, 0.1) is 28.1 Å². The molecule has 4 saturated carbocycles. The van der Waals surface area contributed by atoms with E-state index in [0.717, 1.165) is 11.1 Å². The molecule has 0 aromatic heterocycles. The van der Waals surface area contributed by atoms with Gasteiger partial charge in [-0.1, -0.05) is 49.4 Å². The largest absolute Gasteiger partial charge is 0.479 e. The van der Waals surface area contributed by atoms with E-state index in [9.17, 15) is 29.4 Å². The van der Waals surface area contributed by atoms with Crippen LogP contribution in [0.15, 0.2) is 72.3 Å². The predicted octanol–water partition coefficient (Wildman–Crippen LogP) is 4.62. The zero-order valence-corrected chi connectivity index (χ0v) is 31.2. The summed E-state index contributed by atoms with van der Waals surface area (Å²) in [6.45, 7) is 6.39. The lowest BCUT2D eigenvalue weighted by Crippen LogP contribution is -2.60. The molecule has 1 spiro atoms. The number of hydrogen-bond acceptors (Lipinski definition) is 8. The van der Waals surface area contributed by atoms with Crippen LogP contribution in [0.1, 0.15) is 76.4 Å². The van der Waals surface area contributed by atoms with Gasteiger partial charge in [0.25, 0.3) is 0 Å². The average Bonchev–Trinajstić information content (AvgIpc) is 3.44. The highest BCUT2D eigenvalue weighted by Gasteiger charge is 2.89. The maximum atomic E-state index is 17.7. The molecule has 2 aromatic rings. The van der Waals surface area contributed by atoms with E-state index in [2.05, 4.69) is 10.6 Å². The molecule has 0 radical (unpaired) electrons. The van der Waals surface area contributed by atoms with Crippen molar-refractivity contribution in [1.29, 1.82) is 0 Å². The van der Waals surface area contributed by atoms with Crippen molar-refractivity contribution in [3.63, 3.8) is 0 Å². The molecule has 6 aliphatic rings. The minimum Gasteiger partial charge on any atom is -0.479 e. The molecule has 1 heterocycles. The summed E-state index contributed by atoms with van der Waals surface area (Å²) in [5, 5.41) is 28.3. The third kappa shape index (κ3) is 5.25. The Kier molecular flexibility index (Phi) is 8.62. The lowest BCUT2D eigenvalue weighted by Gasteiger charge is -2.50. The standard InChI is InChI=1S/C42H47F2N3O8/c1-21(45)34(50)46-22(2)35(51)47-26-7-5-6-24(15-26)14-23-8-10-25(11-9-23)36-54-33-20-40-28-17-31(43)29-16-27(48)12-13-38(29,3)41(44,18-30(28)40)32(49)19-39(40,4)42(33,55-36)37(52)53/h5-13,15-16,21-22,28,30-33,36,49H,14,17-20,45H2,1-4H3,(H,46,50)(H,47,51)(H,52,53)/t21-,22-,28?,30-,31-,32?,33+,36?,38?,39?,40?,41-,42-/m0/s1. The van der Waals surface area contributed by atoms with Crippen LogP contribution in [0.25, 0.3) is 0 Å². The Balaban J connectivity index is 1.02. The van der Waals surface area contributed by atoms with E-state index in [-0.39, 0.29) is 43.1 Å². The number of allylic oxidation sites excluding steroid dienone is 4. The first-order valence-corrected chi connectivity index (χ1v) is 19.0. The van der Waals surface area contributed by atoms with Crippen LogP contribution in [0.2, 0.25) is 0 Å². The molecule has 55 heavy (non-hydrogen) atoms. The third-order valence-electron chi connectivity index (χ3n) is 14.2. The van der Waals surface area contributed by atoms with Crippen LogP contribution in [0.3, 0.4) is 0 Å². The number of rotatable bonds is 8. The lowest BCUT2D eigenvalue weighted by atomic mass is 9.57. The van der Waals surface area contributed by atoms with E-state index in [0.29, 0.717) is 17.7 Å². The van der Waals surface area contributed by atoms with E-state index < -0.39 is 87.8 Å². The van der Waals surface area contributed by atoms with Gasteiger partial charge in [0.05, 0.1) is 12.1 Å². The van der Waals surface area contributed by atoms with Gasteiger partial charge in [0.1, 0.15) is 24.0 Å². The number of carbonyl (C=O) groups excluding carboxylic acids is 3. The number of ether oxygens (including phenoxy) is 2. The van der Waals surface area contributed by atoms with Crippen molar-refractivity contribution >= 4 is 29.3 Å². The molecule has 1 saturated heterocycles. The van der Waals surface area contributed by atoms with Gasteiger partial charge in [0.2, 0.25) is 11.8 Å². The van der Waals surface area contributed by atoms with Gasteiger partial charge in [0.15, 0.2) is 17.7 Å². The highest BCUT2D eigenvalue weighted by atomic mass is 19.1. The summed E-state index contributed by atoms with van der Waals surface area (Å²) < 4.78 is 47.0. The van der Waals surface area contributed by atoms with Gasteiger partial charge in [-0.3, -0.25) is 14.4 Å². The summed E-state index contributed by atoms with van der Waals surface area (Å²) in [6, 6.07) is 13.1. The van der Waals surface area contributed by atoms with Crippen molar-refractivity contribution in [1.82, 2.24) is 5.32 Å². The first-order valence-electron chi connectivity index (χ1n) is 19.0. The predicted molar refractivity (Wildman–Crippen MR) is 196 cm³/mol. The summed E-state index contributed by atoms with van der Waals surface area (Å²) in [7, 11) is 0. The molecule has 5 aliphatic carbocycles. The average molecular weight is 760 g/mol. The topological polar surface area (TPSA) is 177 Å². The molecule has 5 fully saturated rings. The van der Waals surface area contributed by atoms with Crippen LogP contribution in [-0.4, -0.2) is 75.5 Å². The van der Waals surface area contributed by atoms with E-state index in [1.54, 1.807) is 32.0 Å². The van der Waals surface area contributed by atoms with Crippen molar-refractivity contribution in [2.24, 2.45) is 33.8 Å². The molecule has 11 nitrogen and oxygen atoms in total. The van der Waals surface area contributed by atoms with Gasteiger partial charge in [-0.25, -0.2) is 13.6 Å². The monoisotopic (exact) mass is 759 g/mol. The number of benzene rings is 2. The fourth-order valence-electron chi connectivity index (χ4n) is 11.3. The zero-order chi connectivity index (χ0) is 39.5. The summed E-state index contributed by atoms with van der Waals surface area (Å²) >= 11 is 0. The maximum absolute atomic E-state index is 17.7. The maximum Gasteiger partial charge on any atom is 0.339 e. The number of halogens is 2. The molecule has 1 aliphatic heterocycles. The second-order valence-electron chi connectivity index (χ2n) is 17.1. The number of ketones is 1. The van der Waals surface area contributed by atoms with Crippen molar-refractivity contribution in [3.05, 3.63) is 89.0 Å². The van der Waals surface area contributed by atoms with E-state index >= 15 is 8.78 Å². The van der Waals surface area contributed by atoms with Crippen molar-refractivity contribution in [3.8, 4) is 0 Å². The summed E-state index contributed by atoms with van der Waals surface area (Å²) in [6.07, 6.45) is -1.13. The van der Waals surface area contributed by atoms with Gasteiger partial charge in [0, 0.05) is 22.1 Å². The van der Waals surface area contributed by atoms with E-state index in [1.165, 1.54) is 32.1 Å². The number of hydrogen-bond donors (Lipinski definition) is 5. The van der Waals surface area contributed by atoms with Gasteiger partial charge in [-0.05, 0) is 111 Å². The fraction of sp³-hybridized carbons (Fsp3) is 0.524. The van der Waals surface area contributed by atoms with Crippen LogP contribution < -0.4 is 16.4 Å². The molecule has 2 bridgehead atoms. The summed E-state index contributed by atoms with van der Waals surface area (Å²) in [4.78, 5) is 50.5. The van der Waals surface area contributed by atoms with Crippen molar-refractivity contribution in [2.75, 3.05) is 5.32 Å². The Morgan fingerprint density at radius 2 is 1.75 bits per heavy atom. The molecule has 13 atom stereocenters. The number of nitrogens with two attached hydrogens (primary N) is 1. The quantitative estimate of drug-likeness (QED) is 0.257. The number of amides is 2. The number of nitrogens with one attached hydrogen (secondary N) is 2. The third-order valence-corrected chi connectivity index (χ3v) is 14.2. The second kappa shape index (κ2) is 12.6. The number of anilines is 1. The molecule has 6 N–H and O–H groups in total. The molecular formula is C42H47F2N3O8. The molecule has 2 amide bonds. The minimum atomic E-state index is -2.35. The van der Waals surface area contributed by atoms with Crippen molar-refractivity contribution < 1.29 is 47.6 Å². The van der Waals surface area contributed by atoms with Crippen LogP contribution in [-0.2, 0) is 35.1 Å². The SMILES string of the molecule is C[C@H](N)C(=O)N[C@@H](C)C(=O)Nc1cccc(Cc2ccc(C3O[C@@H]4CC56C7C[C@H](F)C8=CC(=O)C=CC8(C)[C@](F)(C[C@@H]75)C(O)CC6(C)[C@]4(C(=O)O)O3)cc2)c1. The Morgan fingerprint density at radius 1 is 1.02 bits per heavy atom. The highest BCUT2D eigenvalue weighted by molar-refractivity contribution is 6.01. The zero-order valence-electron chi connectivity index (χ0n) is 31.2. The molecule has 6 unspecified atom stereocenters. The molecular weight excluding hydrogens is 712 g/mol. The molecule has 8 rings (SSSR count). The molecule has 2 aromatic carbocycles. The number of aliphatic hydroxyl groups is 1. The summed E-state index contributed by atoms with van der Waals surface area (Å²) in [5.74, 6) is -3.31.